The van der Waals surface area contributed by atoms with E-state index in [0.29, 0.717) is 5.92 Å². The maximum Gasteiger partial charge on any atom is 0.123 e. The predicted molar refractivity (Wildman–Crippen MR) is 68.6 cm³/mol. The van der Waals surface area contributed by atoms with E-state index in [2.05, 4.69) is 49.7 Å². The molecule has 1 aromatic carbocycles. The second-order valence-electron chi connectivity index (χ2n) is 4.17. The van der Waals surface area contributed by atoms with Crippen molar-refractivity contribution < 1.29 is 4.74 Å². The van der Waals surface area contributed by atoms with Gasteiger partial charge in [-0.05, 0) is 43.0 Å². The fourth-order valence-corrected chi connectivity index (χ4v) is 1.76. The Morgan fingerprint density at radius 1 is 1.27 bits per heavy atom. The third kappa shape index (κ3) is 3.53. The van der Waals surface area contributed by atoms with Crippen LogP contribution < -0.4 is 4.74 Å². The zero-order valence-corrected chi connectivity index (χ0v) is 11.5. The van der Waals surface area contributed by atoms with Gasteiger partial charge in [-0.25, -0.2) is 0 Å². The molecule has 0 saturated heterocycles. The lowest BCUT2D eigenvalue weighted by Crippen LogP contribution is -2.11. The van der Waals surface area contributed by atoms with Gasteiger partial charge in [0, 0.05) is 4.47 Å². The van der Waals surface area contributed by atoms with E-state index >= 15 is 0 Å². The molecule has 0 fully saturated rings. The van der Waals surface area contributed by atoms with Gasteiger partial charge < -0.3 is 4.74 Å². The van der Waals surface area contributed by atoms with Crippen molar-refractivity contribution in [3.05, 3.63) is 28.2 Å². The van der Waals surface area contributed by atoms with E-state index in [9.17, 15) is 0 Å². The molecule has 1 unspecified atom stereocenters. The molecule has 1 rings (SSSR count). The summed E-state index contributed by atoms with van der Waals surface area (Å²) in [4.78, 5) is 0. The molecule has 1 atom stereocenters. The van der Waals surface area contributed by atoms with E-state index in [0.717, 1.165) is 16.6 Å². The van der Waals surface area contributed by atoms with Crippen LogP contribution in [-0.4, -0.2) is 6.10 Å². The molecule has 0 aliphatic rings. The first-order chi connectivity index (χ1) is 7.04. The molecule has 0 aromatic heterocycles. The fraction of sp³-hybridized carbons (Fsp3) is 0.538. The number of benzene rings is 1. The number of rotatable bonds is 4. The van der Waals surface area contributed by atoms with Gasteiger partial charge in [0.2, 0.25) is 0 Å². The van der Waals surface area contributed by atoms with E-state index in [-0.39, 0.29) is 6.10 Å². The molecule has 84 valence electrons. The first kappa shape index (κ1) is 12.6. The van der Waals surface area contributed by atoms with Crippen LogP contribution in [0.3, 0.4) is 0 Å². The molecule has 0 amide bonds. The number of halogens is 1. The van der Waals surface area contributed by atoms with Crippen LogP contribution in [0, 0.1) is 0 Å². The maximum absolute atomic E-state index is 5.89. The van der Waals surface area contributed by atoms with Gasteiger partial charge in [-0.3, -0.25) is 0 Å². The zero-order valence-electron chi connectivity index (χ0n) is 9.88. The van der Waals surface area contributed by atoms with Crippen LogP contribution in [-0.2, 0) is 0 Å². The minimum Gasteiger partial charge on any atom is -0.490 e. The highest BCUT2D eigenvalue weighted by atomic mass is 79.9. The Hall–Kier alpha value is -0.500. The Kier molecular flexibility index (Phi) is 4.65. The Bertz CT molecular complexity index is 320. The smallest absolute Gasteiger partial charge is 0.123 e. The lowest BCUT2D eigenvalue weighted by atomic mass is 10.0. The van der Waals surface area contributed by atoms with Gasteiger partial charge in [-0.15, -0.1) is 0 Å². The second-order valence-corrected chi connectivity index (χ2v) is 5.09. The minimum atomic E-state index is 0.281. The molecule has 0 aliphatic heterocycles. The van der Waals surface area contributed by atoms with Crippen LogP contribution in [0.4, 0.5) is 0 Å². The average Bonchev–Trinajstić information content (AvgIpc) is 2.20. The van der Waals surface area contributed by atoms with Gasteiger partial charge in [-0.1, -0.05) is 36.7 Å². The van der Waals surface area contributed by atoms with Crippen molar-refractivity contribution in [2.24, 2.45) is 0 Å². The molecular formula is C13H19BrO. The van der Waals surface area contributed by atoms with Crippen molar-refractivity contribution in [1.82, 2.24) is 0 Å². The van der Waals surface area contributed by atoms with Gasteiger partial charge in [0.25, 0.3) is 0 Å². The number of hydrogen-bond donors (Lipinski definition) is 0. The quantitative estimate of drug-likeness (QED) is 0.767. The molecule has 0 spiro atoms. The molecule has 0 saturated carbocycles. The van der Waals surface area contributed by atoms with E-state index in [1.807, 2.05) is 12.1 Å². The van der Waals surface area contributed by atoms with E-state index < -0.39 is 0 Å². The molecule has 2 heteroatoms. The zero-order chi connectivity index (χ0) is 11.4. The molecule has 0 aliphatic carbocycles. The molecule has 0 N–H and O–H groups in total. The van der Waals surface area contributed by atoms with Crippen LogP contribution >= 0.6 is 15.9 Å². The van der Waals surface area contributed by atoms with Crippen molar-refractivity contribution in [3.63, 3.8) is 0 Å². The molecule has 1 aromatic rings. The summed E-state index contributed by atoms with van der Waals surface area (Å²) in [5.41, 5.74) is 1.27. The van der Waals surface area contributed by atoms with E-state index in [1.165, 1.54) is 5.56 Å². The third-order valence-electron chi connectivity index (χ3n) is 2.50. The summed E-state index contributed by atoms with van der Waals surface area (Å²) in [6.07, 6.45) is 1.32. The topological polar surface area (TPSA) is 9.23 Å². The van der Waals surface area contributed by atoms with Gasteiger partial charge in [0.15, 0.2) is 0 Å². The van der Waals surface area contributed by atoms with Crippen molar-refractivity contribution in [2.45, 2.75) is 46.1 Å². The lowest BCUT2D eigenvalue weighted by molar-refractivity contribution is 0.214. The number of hydrogen-bond acceptors (Lipinski definition) is 1. The molecule has 1 nitrogen and oxygen atoms in total. The summed E-state index contributed by atoms with van der Waals surface area (Å²) < 4.78 is 7.00. The van der Waals surface area contributed by atoms with Gasteiger partial charge in [0.1, 0.15) is 5.75 Å². The summed E-state index contributed by atoms with van der Waals surface area (Å²) in [6.45, 7) is 8.61. The minimum absolute atomic E-state index is 0.281. The lowest BCUT2D eigenvalue weighted by Gasteiger charge is -2.18. The average molecular weight is 271 g/mol. The van der Waals surface area contributed by atoms with Crippen molar-refractivity contribution in [1.29, 1.82) is 0 Å². The van der Waals surface area contributed by atoms with Crippen LogP contribution in [0.25, 0.3) is 0 Å². The Labute approximate surface area is 101 Å². The summed E-state index contributed by atoms with van der Waals surface area (Å²) in [6, 6.07) is 6.22. The maximum atomic E-state index is 5.89. The Morgan fingerprint density at radius 3 is 2.47 bits per heavy atom. The van der Waals surface area contributed by atoms with Crippen molar-refractivity contribution in [2.75, 3.05) is 0 Å². The molecule has 0 heterocycles. The summed E-state index contributed by atoms with van der Waals surface area (Å²) >= 11 is 3.49. The van der Waals surface area contributed by atoms with Crippen molar-refractivity contribution >= 4 is 15.9 Å². The van der Waals surface area contributed by atoms with E-state index in [1.54, 1.807) is 0 Å². The van der Waals surface area contributed by atoms with Crippen LogP contribution in [0.2, 0.25) is 0 Å². The predicted octanol–water partition coefficient (Wildman–Crippen LogP) is 4.75. The highest BCUT2D eigenvalue weighted by molar-refractivity contribution is 9.10. The normalized spacial score (nSPS) is 12.9. The largest absolute Gasteiger partial charge is 0.490 e. The van der Waals surface area contributed by atoms with Crippen LogP contribution in [0.5, 0.6) is 5.75 Å². The van der Waals surface area contributed by atoms with Gasteiger partial charge in [0.05, 0.1) is 6.10 Å². The SMILES string of the molecule is CCC(C)Oc1ccc(Br)cc1C(C)C. The Balaban J connectivity index is 2.95. The van der Waals surface area contributed by atoms with Crippen LogP contribution in [0.15, 0.2) is 22.7 Å². The third-order valence-corrected chi connectivity index (χ3v) is 2.99. The van der Waals surface area contributed by atoms with Crippen molar-refractivity contribution in [3.8, 4) is 5.75 Å². The highest BCUT2D eigenvalue weighted by Crippen LogP contribution is 2.30. The molecule has 0 radical (unpaired) electrons. The molecular weight excluding hydrogens is 252 g/mol. The van der Waals surface area contributed by atoms with E-state index in [4.69, 9.17) is 4.74 Å². The summed E-state index contributed by atoms with van der Waals surface area (Å²) in [5.74, 6) is 1.50. The first-order valence-electron chi connectivity index (χ1n) is 5.50. The van der Waals surface area contributed by atoms with Gasteiger partial charge >= 0.3 is 0 Å². The monoisotopic (exact) mass is 270 g/mol. The number of ether oxygens (including phenoxy) is 1. The fourth-order valence-electron chi connectivity index (χ4n) is 1.38. The molecule has 15 heavy (non-hydrogen) atoms. The summed E-state index contributed by atoms with van der Waals surface area (Å²) in [7, 11) is 0. The van der Waals surface area contributed by atoms with Crippen LogP contribution in [0.1, 0.15) is 45.6 Å². The van der Waals surface area contributed by atoms with Gasteiger partial charge in [-0.2, -0.15) is 0 Å². The summed E-state index contributed by atoms with van der Waals surface area (Å²) in [5, 5.41) is 0. The Morgan fingerprint density at radius 2 is 1.93 bits per heavy atom. The standard InChI is InChI=1S/C13H19BrO/c1-5-10(4)15-13-7-6-11(14)8-12(13)9(2)3/h6-10H,5H2,1-4H3. The first-order valence-corrected chi connectivity index (χ1v) is 6.30. The molecule has 0 bridgehead atoms. The second kappa shape index (κ2) is 5.55. The highest BCUT2D eigenvalue weighted by Gasteiger charge is 2.10.